The number of allylic oxidation sites excluding steroid dienone is 1. The molecule has 0 aliphatic carbocycles. The molecule has 2 aromatic carbocycles. The number of fused-ring (bicyclic) bond motifs is 1. The van der Waals surface area contributed by atoms with Gasteiger partial charge in [-0.05, 0) is 55.8 Å². The number of aryl methyl sites for hydroxylation is 1. The van der Waals surface area contributed by atoms with Gasteiger partial charge in [0.05, 0.1) is 26.2 Å². The third-order valence-corrected chi connectivity index (χ3v) is 8.09. The summed E-state index contributed by atoms with van der Waals surface area (Å²) in [7, 11) is -2.91. The van der Waals surface area contributed by atoms with Gasteiger partial charge in [0.25, 0.3) is 15.9 Å². The first-order chi connectivity index (χ1) is 15.5. The average molecular weight is 526 g/mol. The van der Waals surface area contributed by atoms with Gasteiger partial charge < -0.3 is 5.32 Å². The Morgan fingerprint density at radius 1 is 1.03 bits per heavy atom. The second kappa shape index (κ2) is 8.68. The van der Waals surface area contributed by atoms with Crippen LogP contribution in [0.3, 0.4) is 0 Å². The molecule has 0 saturated carbocycles. The lowest BCUT2D eigenvalue weighted by atomic mass is 9.95. The van der Waals surface area contributed by atoms with E-state index < -0.39 is 22.0 Å². The minimum atomic E-state index is -4.13. The monoisotopic (exact) mass is 524 g/mol. The molecule has 0 bridgehead atoms. The molecular formula is C22H19Cl3N4O3S. The van der Waals surface area contributed by atoms with Crippen molar-refractivity contribution in [2.45, 2.75) is 24.8 Å². The molecule has 7 nitrogen and oxygen atoms in total. The van der Waals surface area contributed by atoms with Crippen LogP contribution in [0.1, 0.15) is 24.2 Å². The lowest BCUT2D eigenvalue weighted by Crippen LogP contribution is -2.39. The molecule has 1 amide bonds. The summed E-state index contributed by atoms with van der Waals surface area (Å²) in [5.74, 6) is -0.0364. The van der Waals surface area contributed by atoms with Crippen molar-refractivity contribution in [1.82, 2.24) is 14.1 Å². The van der Waals surface area contributed by atoms with Gasteiger partial charge in [0.2, 0.25) is 0 Å². The predicted molar refractivity (Wildman–Crippen MR) is 129 cm³/mol. The van der Waals surface area contributed by atoms with E-state index in [0.717, 1.165) is 10.00 Å². The Labute approximate surface area is 206 Å². The van der Waals surface area contributed by atoms with Gasteiger partial charge in [0.15, 0.2) is 0 Å². The van der Waals surface area contributed by atoms with Gasteiger partial charge >= 0.3 is 0 Å². The first kappa shape index (κ1) is 23.6. The summed E-state index contributed by atoms with van der Waals surface area (Å²) in [4.78, 5) is 13.6. The standard InChI is InChI=1S/C22H19Cl3N4O3S/c1-12-10-19-26-13(2)20(21(29(19)27-12)14-4-9-17(24)18(25)11-14)22(30)28(3)33(31,32)16-7-5-15(23)6-8-16/h4-11,21,26H,1-3H3. The molecule has 1 aliphatic heterocycles. The van der Waals surface area contributed by atoms with E-state index in [1.807, 2.05) is 13.0 Å². The SMILES string of the molecule is CC1=C(C(=O)N(C)S(=O)(=O)c2ccc(Cl)cc2)C(c2ccc(Cl)c(Cl)c2)n2nc(C)cc2N1. The van der Waals surface area contributed by atoms with Crippen molar-refractivity contribution in [3.8, 4) is 0 Å². The average Bonchev–Trinajstić information content (AvgIpc) is 3.13. The van der Waals surface area contributed by atoms with Gasteiger partial charge in [-0.2, -0.15) is 5.10 Å². The molecule has 3 aromatic rings. The smallest absolute Gasteiger partial charge is 0.267 e. The highest BCUT2D eigenvalue weighted by Crippen LogP contribution is 2.39. The van der Waals surface area contributed by atoms with Crippen LogP contribution in [-0.2, 0) is 14.8 Å². The summed E-state index contributed by atoms with van der Waals surface area (Å²) >= 11 is 18.2. The van der Waals surface area contributed by atoms with Crippen LogP contribution in [0.2, 0.25) is 15.1 Å². The second-order valence-corrected chi connectivity index (χ2v) is 10.8. The normalized spacial score (nSPS) is 15.8. The number of likely N-dealkylation sites (N-methyl/N-ethyl adjacent to an activating group) is 1. The van der Waals surface area contributed by atoms with Crippen molar-refractivity contribution in [2.24, 2.45) is 0 Å². The number of amides is 1. The lowest BCUT2D eigenvalue weighted by Gasteiger charge is -2.31. The Morgan fingerprint density at radius 3 is 2.33 bits per heavy atom. The van der Waals surface area contributed by atoms with E-state index in [4.69, 9.17) is 34.8 Å². The number of aromatic nitrogens is 2. The maximum absolute atomic E-state index is 13.7. The number of hydrogen-bond acceptors (Lipinski definition) is 5. The van der Waals surface area contributed by atoms with Crippen LogP contribution in [0.25, 0.3) is 0 Å². The molecular weight excluding hydrogens is 507 g/mol. The molecule has 0 saturated heterocycles. The largest absolute Gasteiger partial charge is 0.344 e. The van der Waals surface area contributed by atoms with Gasteiger partial charge in [-0.3, -0.25) is 4.79 Å². The van der Waals surface area contributed by atoms with Gasteiger partial charge in [0, 0.05) is 23.8 Å². The molecule has 0 radical (unpaired) electrons. The number of sulfonamides is 1. The minimum Gasteiger partial charge on any atom is -0.344 e. The zero-order chi connectivity index (χ0) is 24.1. The van der Waals surface area contributed by atoms with Crippen LogP contribution < -0.4 is 5.32 Å². The lowest BCUT2D eigenvalue weighted by molar-refractivity contribution is -0.122. The third kappa shape index (κ3) is 4.24. The molecule has 4 rings (SSSR count). The molecule has 0 spiro atoms. The number of nitrogens with one attached hydrogen (secondary N) is 1. The summed E-state index contributed by atoms with van der Waals surface area (Å²) in [5, 5.41) is 8.74. The number of carbonyl (C=O) groups excluding carboxylic acids is 1. The topological polar surface area (TPSA) is 84.3 Å². The molecule has 1 atom stereocenters. The fraction of sp³-hybridized carbons (Fsp3) is 0.182. The summed E-state index contributed by atoms with van der Waals surface area (Å²) in [6.45, 7) is 3.54. The fourth-order valence-electron chi connectivity index (χ4n) is 3.70. The van der Waals surface area contributed by atoms with Crippen molar-refractivity contribution < 1.29 is 13.2 Å². The number of nitrogens with zero attached hydrogens (tertiary/aromatic N) is 3. The van der Waals surface area contributed by atoms with E-state index in [2.05, 4.69) is 10.4 Å². The maximum Gasteiger partial charge on any atom is 0.267 e. The third-order valence-electron chi connectivity index (χ3n) is 5.34. The van der Waals surface area contributed by atoms with Crippen molar-refractivity contribution in [1.29, 1.82) is 0 Å². The van der Waals surface area contributed by atoms with Crippen molar-refractivity contribution in [3.63, 3.8) is 0 Å². The van der Waals surface area contributed by atoms with Crippen molar-refractivity contribution >= 4 is 56.6 Å². The van der Waals surface area contributed by atoms with Gasteiger partial charge in [-0.25, -0.2) is 17.4 Å². The van der Waals surface area contributed by atoms with Gasteiger partial charge in [-0.15, -0.1) is 0 Å². The molecule has 1 N–H and O–H groups in total. The van der Waals surface area contributed by atoms with E-state index in [9.17, 15) is 13.2 Å². The molecule has 11 heteroatoms. The van der Waals surface area contributed by atoms with Gasteiger partial charge in [0.1, 0.15) is 11.9 Å². The number of carbonyl (C=O) groups is 1. The van der Waals surface area contributed by atoms with Crippen LogP contribution in [-0.4, -0.2) is 35.5 Å². The fourth-order valence-corrected chi connectivity index (χ4v) is 5.25. The van der Waals surface area contributed by atoms with Crippen LogP contribution in [0.15, 0.2) is 64.7 Å². The summed E-state index contributed by atoms with van der Waals surface area (Å²) in [5.41, 5.74) is 2.08. The zero-order valence-corrected chi connectivity index (χ0v) is 20.9. The maximum atomic E-state index is 13.7. The highest BCUT2D eigenvalue weighted by atomic mass is 35.5. The van der Waals surface area contributed by atoms with E-state index in [0.29, 0.717) is 32.1 Å². The number of hydrogen-bond donors (Lipinski definition) is 1. The first-order valence-electron chi connectivity index (χ1n) is 9.78. The van der Waals surface area contributed by atoms with Crippen LogP contribution in [0.4, 0.5) is 5.82 Å². The molecule has 1 aliphatic rings. The second-order valence-electron chi connectivity index (χ2n) is 7.59. The molecule has 33 heavy (non-hydrogen) atoms. The van der Waals surface area contributed by atoms with E-state index in [-0.39, 0.29) is 10.5 Å². The van der Waals surface area contributed by atoms with E-state index >= 15 is 0 Å². The summed E-state index contributed by atoms with van der Waals surface area (Å²) in [6, 6.07) is 11.7. The highest BCUT2D eigenvalue weighted by molar-refractivity contribution is 7.89. The summed E-state index contributed by atoms with van der Waals surface area (Å²) in [6.07, 6.45) is 0. The minimum absolute atomic E-state index is 0.0496. The first-order valence-corrected chi connectivity index (χ1v) is 12.4. The van der Waals surface area contributed by atoms with Crippen LogP contribution in [0, 0.1) is 6.92 Å². The predicted octanol–water partition coefficient (Wildman–Crippen LogP) is 5.29. The van der Waals surface area contributed by atoms with Crippen molar-refractivity contribution in [2.75, 3.05) is 12.4 Å². The van der Waals surface area contributed by atoms with E-state index in [1.54, 1.807) is 29.8 Å². The number of halogens is 3. The van der Waals surface area contributed by atoms with Crippen LogP contribution in [0.5, 0.6) is 0 Å². The molecule has 172 valence electrons. The Morgan fingerprint density at radius 2 is 1.70 bits per heavy atom. The highest BCUT2D eigenvalue weighted by Gasteiger charge is 2.38. The van der Waals surface area contributed by atoms with Crippen molar-refractivity contribution in [3.05, 3.63) is 86.1 Å². The quantitative estimate of drug-likeness (QED) is 0.500. The molecule has 1 unspecified atom stereocenters. The Bertz CT molecular complexity index is 1400. The molecule has 2 heterocycles. The summed E-state index contributed by atoms with van der Waals surface area (Å²) < 4.78 is 28.7. The Balaban J connectivity index is 1.83. The van der Waals surface area contributed by atoms with Crippen LogP contribution >= 0.6 is 34.8 Å². The number of rotatable bonds is 4. The Hall–Kier alpha value is -2.52. The Kier molecular flexibility index (Phi) is 6.22. The zero-order valence-electron chi connectivity index (χ0n) is 17.8. The number of benzene rings is 2. The van der Waals surface area contributed by atoms with E-state index in [1.165, 1.54) is 31.3 Å². The molecule has 0 fully saturated rings. The van der Waals surface area contributed by atoms with Gasteiger partial charge in [-0.1, -0.05) is 40.9 Å². The number of anilines is 1. The molecule has 1 aromatic heterocycles.